The summed E-state index contributed by atoms with van der Waals surface area (Å²) in [5.74, 6) is 0.365. The Morgan fingerprint density at radius 2 is 0.714 bits per heavy atom. The highest BCUT2D eigenvalue weighted by atomic mass is 16.5. The van der Waals surface area contributed by atoms with Gasteiger partial charge < -0.3 is 19.7 Å². The predicted octanol–water partition coefficient (Wildman–Crippen LogP) is 10.7. The number of hydrogen-bond donors (Lipinski definition) is 2. The fourth-order valence-corrected chi connectivity index (χ4v) is 6.06. The first-order valence-corrected chi connectivity index (χ1v) is 18.6. The van der Waals surface area contributed by atoms with Gasteiger partial charge in [0.1, 0.15) is 11.5 Å². The first-order chi connectivity index (χ1) is 22.5. The zero-order valence-electron chi connectivity index (χ0n) is 33.0. The van der Waals surface area contributed by atoms with Crippen LogP contribution in [0.15, 0.2) is 24.3 Å². The molecule has 0 aliphatic rings. The van der Waals surface area contributed by atoms with Gasteiger partial charge in [0.2, 0.25) is 0 Å². The molecule has 0 saturated heterocycles. The minimum atomic E-state index is -0.196. The molecule has 0 unspecified atom stereocenters. The Balaban J connectivity index is 1.61. The topological polar surface area (TPSA) is 93.1 Å². The first-order valence-electron chi connectivity index (χ1n) is 18.6. The monoisotopic (exact) mass is 681 g/mol. The van der Waals surface area contributed by atoms with Crippen molar-refractivity contribution in [2.45, 2.75) is 175 Å². The van der Waals surface area contributed by atoms with Crippen molar-refractivity contribution in [3.05, 3.63) is 57.6 Å². The molecular formula is C43H68O6. The van der Waals surface area contributed by atoms with Crippen LogP contribution in [0.3, 0.4) is 0 Å². The molecule has 0 saturated carbocycles. The molecule has 0 heterocycles. The smallest absolute Gasteiger partial charge is 0.306 e. The molecule has 6 nitrogen and oxygen atoms in total. The summed E-state index contributed by atoms with van der Waals surface area (Å²) in [5, 5.41) is 21.9. The van der Waals surface area contributed by atoms with E-state index in [1.807, 2.05) is 24.3 Å². The molecule has 0 radical (unpaired) electrons. The third-order valence-electron chi connectivity index (χ3n) is 9.12. The van der Waals surface area contributed by atoms with Crippen molar-refractivity contribution >= 4 is 11.9 Å². The molecule has 0 aliphatic heterocycles. The number of ether oxygens (including phenoxy) is 2. The molecule has 49 heavy (non-hydrogen) atoms. The molecule has 2 aromatic rings. The summed E-state index contributed by atoms with van der Waals surface area (Å²) in [5.41, 5.74) is 4.97. The third-order valence-corrected chi connectivity index (χ3v) is 9.12. The van der Waals surface area contributed by atoms with Gasteiger partial charge >= 0.3 is 11.9 Å². The van der Waals surface area contributed by atoms with Gasteiger partial charge in [-0.1, -0.05) is 139 Å². The standard InChI is InChI=1S/C43H68O6/c1-40(2,3)32-26-30(27-33(38(32)46)41(4,5)6)20-22-36(44)48-24-18-16-14-13-15-17-19-25-49-37(45)23-21-31-28-34(42(7,8)9)39(47)35(29-31)43(10,11)12/h26-29,46-47H,13-25H2,1-12H3. The maximum Gasteiger partial charge on any atom is 0.306 e. The van der Waals surface area contributed by atoms with Crippen LogP contribution in [-0.2, 0) is 53.6 Å². The molecule has 2 aromatic carbocycles. The van der Waals surface area contributed by atoms with Crippen molar-refractivity contribution in [2.75, 3.05) is 13.2 Å². The highest BCUT2D eigenvalue weighted by Crippen LogP contribution is 2.41. The van der Waals surface area contributed by atoms with Gasteiger partial charge in [0.15, 0.2) is 0 Å². The molecule has 2 rings (SSSR count). The van der Waals surface area contributed by atoms with E-state index in [9.17, 15) is 19.8 Å². The van der Waals surface area contributed by atoms with Crippen LogP contribution in [0.2, 0.25) is 0 Å². The molecule has 2 N–H and O–H groups in total. The third kappa shape index (κ3) is 14.0. The maximum absolute atomic E-state index is 12.4. The summed E-state index contributed by atoms with van der Waals surface area (Å²) in [4.78, 5) is 24.9. The highest BCUT2D eigenvalue weighted by Gasteiger charge is 2.28. The number of hydrogen-bond acceptors (Lipinski definition) is 6. The normalized spacial score (nSPS) is 12.7. The Hall–Kier alpha value is -3.02. The second-order valence-corrected chi connectivity index (χ2v) is 18.0. The van der Waals surface area contributed by atoms with Gasteiger partial charge in [0, 0.05) is 12.8 Å². The Kier molecular flexibility index (Phi) is 15.3. The van der Waals surface area contributed by atoms with Crippen molar-refractivity contribution in [1.29, 1.82) is 0 Å². The SMILES string of the molecule is CC(C)(C)c1cc(CCC(=O)OCCCCCCCCCOC(=O)CCc2cc(C(C)(C)C)c(O)c(C(C)(C)C)c2)cc(C(C)(C)C)c1O. The number of benzene rings is 2. The number of phenolic OH excluding ortho intramolecular Hbond substituents is 2. The summed E-state index contributed by atoms with van der Waals surface area (Å²) in [7, 11) is 0. The van der Waals surface area contributed by atoms with Crippen LogP contribution in [0, 0.1) is 0 Å². The summed E-state index contributed by atoms with van der Waals surface area (Å²) in [6.45, 7) is 26.0. The molecule has 0 bridgehead atoms. The van der Waals surface area contributed by atoms with Crippen molar-refractivity contribution in [3.8, 4) is 11.5 Å². The van der Waals surface area contributed by atoms with Gasteiger partial charge in [0.05, 0.1) is 13.2 Å². The summed E-state index contributed by atoms with van der Waals surface area (Å²) in [6, 6.07) is 8.13. The molecule has 0 fully saturated rings. The average molecular weight is 681 g/mol. The van der Waals surface area contributed by atoms with Gasteiger partial charge in [-0.2, -0.15) is 0 Å². The lowest BCUT2D eigenvalue weighted by Crippen LogP contribution is -2.18. The quantitative estimate of drug-likeness (QED) is 0.135. The molecule has 0 aromatic heterocycles. The number of aryl methyl sites for hydroxylation is 2. The molecule has 0 spiro atoms. The summed E-state index contributed by atoms with van der Waals surface area (Å²) >= 11 is 0. The van der Waals surface area contributed by atoms with Gasteiger partial charge in [-0.15, -0.1) is 0 Å². The van der Waals surface area contributed by atoms with Gasteiger partial charge in [-0.3, -0.25) is 9.59 Å². The zero-order valence-corrected chi connectivity index (χ0v) is 33.0. The predicted molar refractivity (Wildman–Crippen MR) is 202 cm³/mol. The van der Waals surface area contributed by atoms with E-state index in [0.717, 1.165) is 78.3 Å². The van der Waals surface area contributed by atoms with Crippen LogP contribution in [0.1, 0.15) is 174 Å². The minimum absolute atomic E-state index is 0.176. The van der Waals surface area contributed by atoms with Crippen LogP contribution in [0.25, 0.3) is 0 Å². The van der Waals surface area contributed by atoms with Gasteiger partial charge in [-0.05, 0) is 80.7 Å². The number of aromatic hydroxyl groups is 2. The fourth-order valence-electron chi connectivity index (χ4n) is 6.06. The number of carbonyl (C=O) groups excluding carboxylic acids is 2. The van der Waals surface area contributed by atoms with Crippen LogP contribution in [0.4, 0.5) is 0 Å². The average Bonchev–Trinajstić information content (AvgIpc) is 2.96. The molecule has 6 heteroatoms. The number of unbranched alkanes of at least 4 members (excludes halogenated alkanes) is 6. The van der Waals surface area contributed by atoms with Crippen molar-refractivity contribution < 1.29 is 29.3 Å². The van der Waals surface area contributed by atoms with Gasteiger partial charge in [-0.25, -0.2) is 0 Å². The van der Waals surface area contributed by atoms with E-state index >= 15 is 0 Å². The van der Waals surface area contributed by atoms with Crippen molar-refractivity contribution in [1.82, 2.24) is 0 Å². The van der Waals surface area contributed by atoms with E-state index in [0.29, 0.717) is 50.4 Å². The Morgan fingerprint density at radius 3 is 0.959 bits per heavy atom. The van der Waals surface area contributed by atoms with Crippen LogP contribution in [0.5, 0.6) is 11.5 Å². The van der Waals surface area contributed by atoms with Crippen LogP contribution in [-0.4, -0.2) is 35.4 Å². The lowest BCUT2D eigenvalue weighted by atomic mass is 9.78. The van der Waals surface area contributed by atoms with Gasteiger partial charge in [0.25, 0.3) is 0 Å². The molecule has 0 atom stereocenters. The van der Waals surface area contributed by atoms with Crippen molar-refractivity contribution in [3.63, 3.8) is 0 Å². The highest BCUT2D eigenvalue weighted by molar-refractivity contribution is 5.70. The lowest BCUT2D eigenvalue weighted by molar-refractivity contribution is -0.144. The number of rotatable bonds is 16. The summed E-state index contributed by atoms with van der Waals surface area (Å²) in [6.07, 6.45) is 8.91. The number of phenols is 2. The molecule has 0 aliphatic carbocycles. The van der Waals surface area contributed by atoms with E-state index in [-0.39, 0.29) is 33.6 Å². The number of carbonyl (C=O) groups is 2. The van der Waals surface area contributed by atoms with E-state index in [1.54, 1.807) is 0 Å². The maximum atomic E-state index is 12.4. The Labute approximate surface area is 298 Å². The molecule has 276 valence electrons. The Morgan fingerprint density at radius 1 is 0.469 bits per heavy atom. The van der Waals surface area contributed by atoms with Crippen LogP contribution < -0.4 is 0 Å². The van der Waals surface area contributed by atoms with E-state index < -0.39 is 0 Å². The second-order valence-electron chi connectivity index (χ2n) is 18.0. The zero-order chi connectivity index (χ0) is 37.2. The first kappa shape index (κ1) is 42.1. The Bertz CT molecular complexity index is 1200. The second kappa shape index (κ2) is 17.8. The number of esters is 2. The fraction of sp³-hybridized carbons (Fsp3) is 0.674. The van der Waals surface area contributed by atoms with E-state index in [2.05, 4.69) is 83.1 Å². The minimum Gasteiger partial charge on any atom is -0.507 e. The largest absolute Gasteiger partial charge is 0.507 e. The van der Waals surface area contributed by atoms with Crippen molar-refractivity contribution in [2.24, 2.45) is 0 Å². The van der Waals surface area contributed by atoms with E-state index in [4.69, 9.17) is 9.47 Å². The molecular weight excluding hydrogens is 612 g/mol. The van der Waals surface area contributed by atoms with Crippen LogP contribution >= 0.6 is 0 Å². The lowest BCUT2D eigenvalue weighted by Gasteiger charge is -2.28. The van der Waals surface area contributed by atoms with E-state index in [1.165, 1.54) is 0 Å². The summed E-state index contributed by atoms with van der Waals surface area (Å²) < 4.78 is 11.0. The molecule has 0 amide bonds.